The Hall–Kier alpha value is -1.82. The zero-order chi connectivity index (χ0) is 12.5. The molecule has 1 unspecified atom stereocenters. The van der Waals surface area contributed by atoms with Crippen LogP contribution in [0.25, 0.3) is 10.6 Å². The van der Waals surface area contributed by atoms with E-state index in [-0.39, 0.29) is 6.04 Å². The summed E-state index contributed by atoms with van der Waals surface area (Å²) in [7, 11) is 0. The standard InChI is InChI=1S/C12H13N3O2S/c16-12(17)15-5-1-3-9(15)11-13-7-8(14-11)10-4-2-6-18-10/h2,4,6-7,9H,1,3,5H2,(H,13,14)(H,16,17). The number of imidazole rings is 1. The first-order valence-corrected chi connectivity index (χ1v) is 6.72. The third kappa shape index (κ3) is 1.88. The second kappa shape index (κ2) is 4.45. The number of hydrogen-bond acceptors (Lipinski definition) is 3. The van der Waals surface area contributed by atoms with Crippen LogP contribution in [0, 0.1) is 0 Å². The van der Waals surface area contributed by atoms with Gasteiger partial charge >= 0.3 is 6.09 Å². The van der Waals surface area contributed by atoms with E-state index >= 15 is 0 Å². The molecule has 2 aromatic rings. The summed E-state index contributed by atoms with van der Waals surface area (Å²) in [5.74, 6) is 0.748. The Bertz CT molecular complexity index is 549. The number of carboxylic acid groups (broad SMARTS) is 1. The van der Waals surface area contributed by atoms with Gasteiger partial charge in [-0.25, -0.2) is 9.78 Å². The first-order valence-electron chi connectivity index (χ1n) is 5.84. The topological polar surface area (TPSA) is 69.2 Å². The van der Waals surface area contributed by atoms with Crippen LogP contribution in [0.5, 0.6) is 0 Å². The zero-order valence-electron chi connectivity index (χ0n) is 9.67. The van der Waals surface area contributed by atoms with Gasteiger partial charge in [-0.1, -0.05) is 6.07 Å². The first-order chi connectivity index (χ1) is 8.75. The number of hydrogen-bond donors (Lipinski definition) is 2. The highest BCUT2D eigenvalue weighted by atomic mass is 32.1. The molecule has 1 atom stereocenters. The first kappa shape index (κ1) is 11.3. The Balaban J connectivity index is 1.87. The second-order valence-electron chi connectivity index (χ2n) is 4.29. The van der Waals surface area contributed by atoms with Gasteiger partial charge in [-0.3, -0.25) is 4.90 Å². The van der Waals surface area contributed by atoms with Crippen LogP contribution in [0.2, 0.25) is 0 Å². The molecule has 1 amide bonds. The molecular formula is C12H13N3O2S. The van der Waals surface area contributed by atoms with Crippen molar-refractivity contribution in [3.8, 4) is 10.6 Å². The van der Waals surface area contributed by atoms with Gasteiger partial charge in [0.1, 0.15) is 5.82 Å². The van der Waals surface area contributed by atoms with Crippen LogP contribution >= 0.6 is 11.3 Å². The van der Waals surface area contributed by atoms with Crippen molar-refractivity contribution in [2.24, 2.45) is 0 Å². The molecule has 0 aliphatic carbocycles. The fourth-order valence-corrected chi connectivity index (χ4v) is 3.03. The molecule has 94 valence electrons. The lowest BCUT2D eigenvalue weighted by Gasteiger charge is -2.19. The van der Waals surface area contributed by atoms with Crippen molar-refractivity contribution in [2.75, 3.05) is 6.54 Å². The number of amides is 1. The lowest BCUT2D eigenvalue weighted by molar-refractivity contribution is 0.139. The lowest BCUT2D eigenvalue weighted by atomic mass is 10.2. The molecule has 0 bridgehead atoms. The maximum Gasteiger partial charge on any atom is 0.407 e. The fourth-order valence-electron chi connectivity index (χ4n) is 2.34. The summed E-state index contributed by atoms with van der Waals surface area (Å²) in [6.07, 6.45) is 2.64. The molecule has 0 saturated carbocycles. The molecule has 6 heteroatoms. The van der Waals surface area contributed by atoms with Crippen LogP contribution in [0.15, 0.2) is 23.7 Å². The Kier molecular flexibility index (Phi) is 2.79. The molecule has 18 heavy (non-hydrogen) atoms. The quantitative estimate of drug-likeness (QED) is 0.875. The van der Waals surface area contributed by atoms with Crippen molar-refractivity contribution >= 4 is 17.4 Å². The minimum Gasteiger partial charge on any atom is -0.465 e. The number of carbonyl (C=O) groups is 1. The molecule has 1 aliphatic heterocycles. The third-order valence-corrected chi connectivity index (χ3v) is 4.10. The Morgan fingerprint density at radius 2 is 2.50 bits per heavy atom. The normalized spacial score (nSPS) is 19.3. The minimum atomic E-state index is -0.869. The van der Waals surface area contributed by atoms with Crippen LogP contribution in [-0.4, -0.2) is 32.6 Å². The van der Waals surface area contributed by atoms with E-state index in [1.807, 2.05) is 17.5 Å². The third-order valence-electron chi connectivity index (χ3n) is 3.20. The average molecular weight is 263 g/mol. The van der Waals surface area contributed by atoms with Crippen molar-refractivity contribution < 1.29 is 9.90 Å². The smallest absolute Gasteiger partial charge is 0.407 e. The van der Waals surface area contributed by atoms with E-state index in [2.05, 4.69) is 9.97 Å². The number of aromatic nitrogens is 2. The van der Waals surface area contributed by atoms with Gasteiger partial charge in [0.15, 0.2) is 0 Å². The summed E-state index contributed by atoms with van der Waals surface area (Å²) >= 11 is 1.64. The highest BCUT2D eigenvalue weighted by molar-refractivity contribution is 7.13. The summed E-state index contributed by atoms with van der Waals surface area (Å²) in [6, 6.07) is 3.88. The SMILES string of the molecule is O=C(O)N1CCCC1c1ncc(-c2cccs2)[nH]1. The molecule has 3 rings (SSSR count). The van der Waals surface area contributed by atoms with E-state index in [4.69, 9.17) is 5.11 Å². The van der Waals surface area contributed by atoms with Gasteiger partial charge in [-0.15, -0.1) is 11.3 Å². The van der Waals surface area contributed by atoms with E-state index in [0.717, 1.165) is 29.2 Å². The van der Waals surface area contributed by atoms with Gasteiger partial charge in [0.05, 0.1) is 22.8 Å². The molecular weight excluding hydrogens is 250 g/mol. The molecule has 1 saturated heterocycles. The summed E-state index contributed by atoms with van der Waals surface area (Å²) in [5, 5.41) is 11.1. The maximum atomic E-state index is 11.1. The molecule has 0 radical (unpaired) electrons. The van der Waals surface area contributed by atoms with E-state index in [9.17, 15) is 4.79 Å². The number of likely N-dealkylation sites (tertiary alicyclic amines) is 1. The Morgan fingerprint density at radius 3 is 3.22 bits per heavy atom. The maximum absolute atomic E-state index is 11.1. The van der Waals surface area contributed by atoms with Gasteiger partial charge in [0, 0.05) is 6.54 Å². The summed E-state index contributed by atoms with van der Waals surface area (Å²) < 4.78 is 0. The van der Waals surface area contributed by atoms with Crippen LogP contribution < -0.4 is 0 Å². The van der Waals surface area contributed by atoms with E-state index < -0.39 is 6.09 Å². The van der Waals surface area contributed by atoms with Crippen molar-refractivity contribution in [3.63, 3.8) is 0 Å². The molecule has 3 heterocycles. The van der Waals surface area contributed by atoms with Gasteiger partial charge in [-0.05, 0) is 24.3 Å². The lowest BCUT2D eigenvalue weighted by Crippen LogP contribution is -2.29. The van der Waals surface area contributed by atoms with Crippen molar-refractivity contribution in [2.45, 2.75) is 18.9 Å². The minimum absolute atomic E-state index is 0.129. The average Bonchev–Trinajstić information content (AvgIpc) is 3.10. The van der Waals surface area contributed by atoms with E-state index in [1.54, 1.807) is 17.5 Å². The molecule has 1 fully saturated rings. The van der Waals surface area contributed by atoms with Gasteiger partial charge in [0.25, 0.3) is 0 Å². The molecule has 0 aromatic carbocycles. The van der Waals surface area contributed by atoms with Gasteiger partial charge in [0.2, 0.25) is 0 Å². The highest BCUT2D eigenvalue weighted by Gasteiger charge is 2.31. The Labute approximate surface area is 108 Å². The molecule has 5 nitrogen and oxygen atoms in total. The van der Waals surface area contributed by atoms with E-state index in [1.165, 1.54) is 4.90 Å². The predicted molar refractivity (Wildman–Crippen MR) is 68.6 cm³/mol. The molecule has 2 N–H and O–H groups in total. The molecule has 0 spiro atoms. The molecule has 2 aromatic heterocycles. The zero-order valence-corrected chi connectivity index (χ0v) is 10.5. The second-order valence-corrected chi connectivity index (χ2v) is 5.24. The van der Waals surface area contributed by atoms with Crippen molar-refractivity contribution in [1.29, 1.82) is 0 Å². The molecule has 1 aliphatic rings. The summed E-state index contributed by atoms with van der Waals surface area (Å²) in [4.78, 5) is 21.3. The summed E-state index contributed by atoms with van der Waals surface area (Å²) in [5.41, 5.74) is 0.956. The predicted octanol–water partition coefficient (Wildman–Crippen LogP) is 2.95. The van der Waals surface area contributed by atoms with E-state index in [0.29, 0.717) is 6.54 Å². The van der Waals surface area contributed by atoms with Gasteiger partial charge < -0.3 is 10.1 Å². The van der Waals surface area contributed by atoms with Crippen LogP contribution in [0.3, 0.4) is 0 Å². The number of thiophene rings is 1. The number of H-pyrrole nitrogens is 1. The van der Waals surface area contributed by atoms with Crippen LogP contribution in [0.1, 0.15) is 24.7 Å². The monoisotopic (exact) mass is 263 g/mol. The number of aromatic amines is 1. The number of nitrogens with one attached hydrogen (secondary N) is 1. The van der Waals surface area contributed by atoms with Gasteiger partial charge in [-0.2, -0.15) is 0 Å². The van der Waals surface area contributed by atoms with Crippen molar-refractivity contribution in [1.82, 2.24) is 14.9 Å². The van der Waals surface area contributed by atoms with Crippen LogP contribution in [-0.2, 0) is 0 Å². The largest absolute Gasteiger partial charge is 0.465 e. The highest BCUT2D eigenvalue weighted by Crippen LogP contribution is 2.32. The fraction of sp³-hybridized carbons (Fsp3) is 0.333. The number of nitrogens with zero attached hydrogens (tertiary/aromatic N) is 2. The Morgan fingerprint density at radius 1 is 1.61 bits per heavy atom. The number of rotatable bonds is 2. The summed E-state index contributed by atoms with van der Waals surface area (Å²) in [6.45, 7) is 0.592. The van der Waals surface area contributed by atoms with Crippen LogP contribution in [0.4, 0.5) is 4.79 Å². The van der Waals surface area contributed by atoms with Crippen molar-refractivity contribution in [3.05, 3.63) is 29.5 Å².